The molecule has 0 saturated heterocycles. The van der Waals surface area contributed by atoms with Crippen LogP contribution in [0.3, 0.4) is 0 Å². The van der Waals surface area contributed by atoms with Gasteiger partial charge in [-0.1, -0.05) is 67.7 Å². The molecule has 18 heavy (non-hydrogen) atoms. The largest absolute Gasteiger partial charge is 0.758 e. The number of anilines is 1. The molecule has 102 valence electrons. The Kier molecular flexibility index (Phi) is 4.80. The Morgan fingerprint density at radius 1 is 0.944 bits per heavy atom. The molecule has 1 aromatic rings. The van der Waals surface area contributed by atoms with Crippen molar-refractivity contribution in [1.29, 1.82) is 0 Å². The Hall–Kier alpha value is -0.590. The van der Waals surface area contributed by atoms with Gasteiger partial charge < -0.3 is 10.3 Å². The molecule has 0 fully saturated rings. The molecule has 0 unspecified atom stereocenters. The molecule has 0 aliphatic carbocycles. The van der Waals surface area contributed by atoms with E-state index in [-0.39, 0.29) is 10.3 Å². The second kappa shape index (κ2) is 5.59. The van der Waals surface area contributed by atoms with E-state index < -0.39 is 7.92 Å². The zero-order valence-electron chi connectivity index (χ0n) is 12.4. The molecule has 0 N–H and O–H groups in total. The molecule has 0 heterocycles. The fourth-order valence-electron chi connectivity index (χ4n) is 2.23. The van der Waals surface area contributed by atoms with Crippen molar-refractivity contribution >= 4 is 13.6 Å². The summed E-state index contributed by atoms with van der Waals surface area (Å²) in [4.78, 5) is 0. The summed E-state index contributed by atoms with van der Waals surface area (Å²) in [5, 5.41) is 13.8. The minimum atomic E-state index is -0.392. The van der Waals surface area contributed by atoms with E-state index in [1.54, 1.807) is 0 Å². The Bertz CT molecular complexity index is 350. The van der Waals surface area contributed by atoms with Crippen molar-refractivity contribution in [3.05, 3.63) is 35.5 Å². The number of benzene rings is 1. The van der Waals surface area contributed by atoms with Gasteiger partial charge in [0.15, 0.2) is 0 Å². The Balaban J connectivity index is 2.86. The van der Waals surface area contributed by atoms with E-state index in [0.717, 1.165) is 10.8 Å². The van der Waals surface area contributed by atoms with Gasteiger partial charge in [0.25, 0.3) is 0 Å². The van der Waals surface area contributed by atoms with Crippen LogP contribution in [0.2, 0.25) is 0 Å². The fraction of sp³-hybridized carbons (Fsp3) is 0.600. The Labute approximate surface area is 113 Å². The minimum absolute atomic E-state index is 0.186. The van der Waals surface area contributed by atoms with Crippen LogP contribution in [0.15, 0.2) is 30.3 Å². The van der Waals surface area contributed by atoms with Gasteiger partial charge in [-0.3, -0.25) is 0 Å². The van der Waals surface area contributed by atoms with Crippen molar-refractivity contribution in [2.45, 2.75) is 51.9 Å². The molecule has 0 amide bonds. The molecule has 0 spiro atoms. The molecule has 0 bridgehead atoms. The molecule has 1 aromatic carbocycles. The van der Waals surface area contributed by atoms with Crippen molar-refractivity contribution in [1.82, 2.24) is 0 Å². The topological polar surface area (TPSA) is 26.3 Å². The van der Waals surface area contributed by atoms with E-state index in [4.69, 9.17) is 0 Å². The second-order valence-electron chi connectivity index (χ2n) is 6.63. The maximum atomic E-state index is 12.3. The quantitative estimate of drug-likeness (QED) is 0.566. The molecule has 0 saturated carbocycles. The second-order valence-corrected chi connectivity index (χ2v) is 10.4. The molecule has 0 radical (unpaired) electrons. The van der Waals surface area contributed by atoms with E-state index in [1.807, 2.05) is 30.3 Å². The van der Waals surface area contributed by atoms with Crippen LogP contribution in [0, 0.1) is 5.21 Å². The van der Waals surface area contributed by atoms with Gasteiger partial charge in [0, 0.05) is 12.0 Å². The lowest BCUT2D eigenvalue weighted by molar-refractivity contribution is 0.702. The lowest BCUT2D eigenvalue weighted by Crippen LogP contribution is -2.31. The number of hydrogen-bond acceptors (Lipinski definition) is 2. The van der Waals surface area contributed by atoms with Crippen LogP contribution in [0.4, 0.5) is 5.69 Å². The zero-order valence-corrected chi connectivity index (χ0v) is 13.3. The highest BCUT2D eigenvalue weighted by molar-refractivity contribution is 7.60. The number of hydrogen-bond donors (Lipinski definition) is 0. The number of para-hydroxylation sites is 1. The van der Waals surface area contributed by atoms with Crippen molar-refractivity contribution in [3.8, 4) is 0 Å². The van der Waals surface area contributed by atoms with E-state index in [1.165, 1.54) is 0 Å². The van der Waals surface area contributed by atoms with Gasteiger partial charge >= 0.3 is 0 Å². The average Bonchev–Trinajstić information content (AvgIpc) is 2.23. The van der Waals surface area contributed by atoms with E-state index in [9.17, 15) is 5.21 Å². The standard InChI is InChI=1S/C15H25NOP/c1-14(2,3)18(15(4,5)6)12-16(17)13-10-8-7-9-11-13/h7-11H,12H2,1-6H3/q-1. The lowest BCUT2D eigenvalue weighted by Gasteiger charge is -2.46. The van der Waals surface area contributed by atoms with Crippen LogP contribution in [0.5, 0.6) is 0 Å². The predicted molar refractivity (Wildman–Crippen MR) is 83.6 cm³/mol. The van der Waals surface area contributed by atoms with Gasteiger partial charge in [-0.25, -0.2) is 0 Å². The normalized spacial score (nSPS) is 12.9. The SMILES string of the molecule is CC(C)(C)P(CN([O-])c1ccccc1)C(C)(C)C. The summed E-state index contributed by atoms with van der Waals surface area (Å²) in [6.45, 7) is 13.4. The first kappa shape index (κ1) is 15.5. The van der Waals surface area contributed by atoms with E-state index >= 15 is 0 Å². The summed E-state index contributed by atoms with van der Waals surface area (Å²) in [5.74, 6) is 0. The van der Waals surface area contributed by atoms with Crippen molar-refractivity contribution in [3.63, 3.8) is 0 Å². The first-order chi connectivity index (χ1) is 8.12. The van der Waals surface area contributed by atoms with Crippen LogP contribution >= 0.6 is 7.92 Å². The minimum Gasteiger partial charge on any atom is -0.758 e. The predicted octanol–water partition coefficient (Wildman–Crippen LogP) is 5.03. The highest BCUT2D eigenvalue weighted by atomic mass is 31.1. The van der Waals surface area contributed by atoms with E-state index in [0.29, 0.717) is 6.29 Å². The first-order valence-electron chi connectivity index (χ1n) is 6.40. The number of nitrogens with zero attached hydrogens (tertiary/aromatic N) is 1. The summed E-state index contributed by atoms with van der Waals surface area (Å²) < 4.78 is 0. The molecule has 2 nitrogen and oxygen atoms in total. The Morgan fingerprint density at radius 3 is 1.78 bits per heavy atom. The van der Waals surface area contributed by atoms with Gasteiger partial charge in [-0.15, -0.1) is 0 Å². The number of rotatable bonds is 3. The molecule has 1 rings (SSSR count). The van der Waals surface area contributed by atoms with Crippen LogP contribution in [-0.2, 0) is 0 Å². The van der Waals surface area contributed by atoms with Gasteiger partial charge in [0.2, 0.25) is 0 Å². The van der Waals surface area contributed by atoms with Gasteiger partial charge in [-0.2, -0.15) is 0 Å². The summed E-state index contributed by atoms with van der Waals surface area (Å²) in [5.41, 5.74) is 0.763. The molecule has 0 aromatic heterocycles. The summed E-state index contributed by atoms with van der Waals surface area (Å²) in [6, 6.07) is 9.53. The van der Waals surface area contributed by atoms with Crippen LogP contribution in [0.25, 0.3) is 0 Å². The third-order valence-corrected chi connectivity index (χ3v) is 6.71. The molecular formula is C15H25NOP-. The van der Waals surface area contributed by atoms with E-state index in [2.05, 4.69) is 41.5 Å². The molecule has 0 atom stereocenters. The maximum absolute atomic E-state index is 12.3. The number of hydroxylamine groups is 1. The first-order valence-corrected chi connectivity index (χ1v) is 7.92. The van der Waals surface area contributed by atoms with Crippen LogP contribution < -0.4 is 5.06 Å². The third-order valence-electron chi connectivity index (χ3n) is 2.93. The molecule has 0 aliphatic heterocycles. The molecule has 3 heteroatoms. The third kappa shape index (κ3) is 4.26. The monoisotopic (exact) mass is 266 g/mol. The van der Waals surface area contributed by atoms with Crippen molar-refractivity contribution in [2.75, 3.05) is 11.3 Å². The average molecular weight is 266 g/mol. The highest BCUT2D eigenvalue weighted by Crippen LogP contribution is 2.59. The summed E-state index contributed by atoms with van der Waals surface area (Å²) in [6.07, 6.45) is 0.604. The van der Waals surface area contributed by atoms with Gasteiger partial charge in [0.05, 0.1) is 0 Å². The lowest BCUT2D eigenvalue weighted by atomic mass is 10.2. The summed E-state index contributed by atoms with van der Waals surface area (Å²) in [7, 11) is -0.392. The fourth-order valence-corrected chi connectivity index (χ4v) is 5.52. The van der Waals surface area contributed by atoms with Gasteiger partial charge in [-0.05, 0) is 22.4 Å². The zero-order chi connectivity index (χ0) is 14.0. The maximum Gasteiger partial charge on any atom is 0.0272 e. The van der Waals surface area contributed by atoms with Gasteiger partial charge in [0.1, 0.15) is 0 Å². The summed E-state index contributed by atoms with van der Waals surface area (Å²) >= 11 is 0. The highest BCUT2D eigenvalue weighted by Gasteiger charge is 2.34. The van der Waals surface area contributed by atoms with Crippen molar-refractivity contribution < 1.29 is 0 Å². The van der Waals surface area contributed by atoms with Crippen molar-refractivity contribution in [2.24, 2.45) is 0 Å². The Morgan fingerprint density at radius 2 is 1.39 bits per heavy atom. The molecule has 0 aliphatic rings. The smallest absolute Gasteiger partial charge is 0.0272 e. The van der Waals surface area contributed by atoms with Crippen LogP contribution in [-0.4, -0.2) is 16.6 Å². The molecular weight excluding hydrogens is 241 g/mol. The van der Waals surface area contributed by atoms with Crippen LogP contribution in [0.1, 0.15) is 41.5 Å².